The van der Waals surface area contributed by atoms with Crippen LogP contribution in [0.4, 0.5) is 0 Å². The Kier molecular flexibility index (Phi) is 3.39. The third-order valence-corrected chi connectivity index (χ3v) is 3.33. The van der Waals surface area contributed by atoms with Crippen molar-refractivity contribution < 1.29 is 23.7 Å². The lowest BCUT2D eigenvalue weighted by Gasteiger charge is -2.11. The van der Waals surface area contributed by atoms with Crippen LogP contribution in [0.1, 0.15) is 10.4 Å². The number of fused-ring (bicyclic) bond motifs is 1. The zero-order valence-corrected chi connectivity index (χ0v) is 11.7. The third-order valence-electron chi connectivity index (χ3n) is 3.33. The van der Waals surface area contributed by atoms with Gasteiger partial charge in [0, 0.05) is 5.56 Å². The minimum atomic E-state index is -0.455. The molecule has 0 amide bonds. The third kappa shape index (κ3) is 2.27. The highest BCUT2D eigenvalue weighted by Crippen LogP contribution is 2.41. The van der Waals surface area contributed by atoms with Crippen LogP contribution < -0.4 is 14.2 Å². The van der Waals surface area contributed by atoms with Gasteiger partial charge in [0.1, 0.15) is 11.3 Å². The van der Waals surface area contributed by atoms with Gasteiger partial charge < -0.3 is 18.9 Å². The molecule has 0 radical (unpaired) electrons. The van der Waals surface area contributed by atoms with E-state index < -0.39 is 5.97 Å². The Labute approximate surface area is 122 Å². The Morgan fingerprint density at radius 1 is 1.05 bits per heavy atom. The van der Waals surface area contributed by atoms with Gasteiger partial charge in [-0.25, -0.2) is 4.79 Å². The second-order valence-electron chi connectivity index (χ2n) is 4.44. The summed E-state index contributed by atoms with van der Waals surface area (Å²) in [4.78, 5) is 12.1. The van der Waals surface area contributed by atoms with Gasteiger partial charge in [-0.05, 0) is 29.8 Å². The van der Waals surface area contributed by atoms with Crippen LogP contribution in [0.3, 0.4) is 0 Å². The van der Waals surface area contributed by atoms with Gasteiger partial charge in [0.05, 0.1) is 14.2 Å². The molecule has 0 bridgehead atoms. The van der Waals surface area contributed by atoms with Crippen molar-refractivity contribution in [2.75, 3.05) is 21.0 Å². The molecule has 0 N–H and O–H groups in total. The molecule has 1 aliphatic heterocycles. The van der Waals surface area contributed by atoms with Crippen molar-refractivity contribution in [3.05, 3.63) is 42.0 Å². The van der Waals surface area contributed by atoms with Gasteiger partial charge in [-0.1, -0.05) is 12.1 Å². The minimum absolute atomic E-state index is 0.103. The molecule has 0 saturated carbocycles. The van der Waals surface area contributed by atoms with Crippen LogP contribution in [0.25, 0.3) is 11.1 Å². The number of esters is 1. The van der Waals surface area contributed by atoms with Crippen LogP contribution in [0.5, 0.6) is 17.2 Å². The van der Waals surface area contributed by atoms with E-state index >= 15 is 0 Å². The summed E-state index contributed by atoms with van der Waals surface area (Å²) in [7, 11) is 2.95. The number of methoxy groups -OCH3 is 2. The van der Waals surface area contributed by atoms with Crippen molar-refractivity contribution in [2.45, 2.75) is 0 Å². The summed E-state index contributed by atoms with van der Waals surface area (Å²) in [6.07, 6.45) is 0. The van der Waals surface area contributed by atoms with Crippen molar-refractivity contribution in [1.82, 2.24) is 0 Å². The van der Waals surface area contributed by atoms with Crippen LogP contribution >= 0.6 is 0 Å². The van der Waals surface area contributed by atoms with E-state index in [1.54, 1.807) is 13.2 Å². The number of rotatable bonds is 3. The van der Waals surface area contributed by atoms with Gasteiger partial charge in [-0.15, -0.1) is 0 Å². The van der Waals surface area contributed by atoms with E-state index in [0.717, 1.165) is 16.9 Å². The molecule has 0 saturated heterocycles. The molecular weight excluding hydrogens is 272 g/mol. The smallest absolute Gasteiger partial charge is 0.342 e. The number of benzene rings is 2. The van der Waals surface area contributed by atoms with Gasteiger partial charge in [0.2, 0.25) is 6.79 Å². The zero-order valence-electron chi connectivity index (χ0n) is 11.7. The summed E-state index contributed by atoms with van der Waals surface area (Å²) in [5, 5.41) is 0. The molecule has 1 aliphatic rings. The molecule has 2 aromatic rings. The average molecular weight is 286 g/mol. The summed E-state index contributed by atoms with van der Waals surface area (Å²) in [6.45, 7) is 0.103. The number of carbonyl (C=O) groups is 1. The van der Waals surface area contributed by atoms with E-state index in [1.807, 2.05) is 30.3 Å². The molecule has 3 rings (SSSR count). The standard InChI is InChI=1S/C16H14O5/c1-18-11-5-3-10(4-6-11)12-7-8-13-15(21-9-20-13)14(12)16(17)19-2/h3-8H,9H2,1-2H3. The molecule has 5 nitrogen and oxygen atoms in total. The molecule has 0 aliphatic carbocycles. The predicted molar refractivity (Wildman–Crippen MR) is 75.9 cm³/mol. The minimum Gasteiger partial charge on any atom is -0.497 e. The molecule has 5 heteroatoms. The van der Waals surface area contributed by atoms with Crippen LogP contribution in [-0.2, 0) is 4.74 Å². The Morgan fingerprint density at radius 2 is 1.81 bits per heavy atom. The second kappa shape index (κ2) is 5.36. The van der Waals surface area contributed by atoms with E-state index in [9.17, 15) is 4.79 Å². The molecule has 108 valence electrons. The maximum absolute atomic E-state index is 12.1. The van der Waals surface area contributed by atoms with Crippen molar-refractivity contribution in [3.63, 3.8) is 0 Å². The lowest BCUT2D eigenvalue weighted by atomic mass is 9.98. The molecular formula is C16H14O5. The van der Waals surface area contributed by atoms with Crippen LogP contribution in [-0.4, -0.2) is 27.0 Å². The van der Waals surface area contributed by atoms with Gasteiger partial charge in [-0.2, -0.15) is 0 Å². The summed E-state index contributed by atoms with van der Waals surface area (Å²) in [6, 6.07) is 11.0. The maximum atomic E-state index is 12.1. The summed E-state index contributed by atoms with van der Waals surface area (Å²) in [5.74, 6) is 1.27. The first-order valence-corrected chi connectivity index (χ1v) is 6.40. The molecule has 0 aromatic heterocycles. The van der Waals surface area contributed by atoms with Crippen molar-refractivity contribution in [3.8, 4) is 28.4 Å². The molecule has 0 spiro atoms. The monoisotopic (exact) mass is 286 g/mol. The Bertz CT molecular complexity index is 676. The van der Waals surface area contributed by atoms with E-state index in [-0.39, 0.29) is 6.79 Å². The summed E-state index contributed by atoms with van der Waals surface area (Å²) in [5.41, 5.74) is 1.97. The molecule has 2 aromatic carbocycles. The highest BCUT2D eigenvalue weighted by molar-refractivity contribution is 6.01. The van der Waals surface area contributed by atoms with Gasteiger partial charge >= 0.3 is 5.97 Å². The van der Waals surface area contributed by atoms with E-state index in [0.29, 0.717) is 17.1 Å². The van der Waals surface area contributed by atoms with Gasteiger partial charge in [0.15, 0.2) is 11.5 Å². The summed E-state index contributed by atoms with van der Waals surface area (Å²) >= 11 is 0. The Hall–Kier alpha value is -2.69. The van der Waals surface area contributed by atoms with Crippen LogP contribution in [0.15, 0.2) is 36.4 Å². The number of ether oxygens (including phenoxy) is 4. The fourth-order valence-corrected chi connectivity index (χ4v) is 2.29. The molecule has 0 unspecified atom stereocenters. The van der Waals surface area contributed by atoms with Crippen molar-refractivity contribution >= 4 is 5.97 Å². The predicted octanol–water partition coefficient (Wildman–Crippen LogP) is 2.88. The lowest BCUT2D eigenvalue weighted by Crippen LogP contribution is -2.05. The quantitative estimate of drug-likeness (QED) is 0.812. The number of carbonyl (C=O) groups excluding carboxylic acids is 1. The SMILES string of the molecule is COC(=O)c1c(-c2ccc(OC)cc2)ccc2c1OCO2. The zero-order chi connectivity index (χ0) is 14.8. The van der Waals surface area contributed by atoms with Gasteiger partial charge in [0.25, 0.3) is 0 Å². The Balaban J connectivity index is 2.15. The fraction of sp³-hybridized carbons (Fsp3) is 0.188. The number of hydrogen-bond acceptors (Lipinski definition) is 5. The highest BCUT2D eigenvalue weighted by atomic mass is 16.7. The first kappa shape index (κ1) is 13.3. The Morgan fingerprint density at radius 3 is 2.48 bits per heavy atom. The van der Waals surface area contributed by atoms with E-state index in [4.69, 9.17) is 18.9 Å². The molecule has 0 fully saturated rings. The molecule has 1 heterocycles. The lowest BCUT2D eigenvalue weighted by molar-refractivity contribution is 0.0597. The topological polar surface area (TPSA) is 54.0 Å². The fourth-order valence-electron chi connectivity index (χ4n) is 2.29. The molecule has 0 atom stereocenters. The van der Waals surface area contributed by atoms with Crippen molar-refractivity contribution in [1.29, 1.82) is 0 Å². The normalized spacial score (nSPS) is 12.1. The molecule has 21 heavy (non-hydrogen) atoms. The largest absolute Gasteiger partial charge is 0.497 e. The van der Waals surface area contributed by atoms with Crippen LogP contribution in [0, 0.1) is 0 Å². The van der Waals surface area contributed by atoms with Crippen molar-refractivity contribution in [2.24, 2.45) is 0 Å². The first-order chi connectivity index (χ1) is 10.2. The maximum Gasteiger partial charge on any atom is 0.342 e. The van der Waals surface area contributed by atoms with E-state index in [2.05, 4.69) is 0 Å². The highest BCUT2D eigenvalue weighted by Gasteiger charge is 2.26. The summed E-state index contributed by atoms with van der Waals surface area (Å²) < 4.78 is 20.7. The van der Waals surface area contributed by atoms with E-state index in [1.165, 1.54) is 7.11 Å². The second-order valence-corrected chi connectivity index (χ2v) is 4.44. The van der Waals surface area contributed by atoms with Gasteiger partial charge in [-0.3, -0.25) is 0 Å². The average Bonchev–Trinajstić information content (AvgIpc) is 3.01. The number of hydrogen-bond donors (Lipinski definition) is 0. The van der Waals surface area contributed by atoms with Crippen LogP contribution in [0.2, 0.25) is 0 Å². The first-order valence-electron chi connectivity index (χ1n) is 6.40.